The number of hydrogen-bond acceptors (Lipinski definition) is 4. The molecular formula is C15H22N2O3. The number of aryl methyl sites for hydroxylation is 2. The van der Waals surface area contributed by atoms with E-state index in [2.05, 4.69) is 6.07 Å². The fraction of sp³-hybridized carbons (Fsp3) is 0.533. The molecule has 1 saturated heterocycles. The second kappa shape index (κ2) is 5.81. The molecule has 0 spiro atoms. The average molecular weight is 278 g/mol. The monoisotopic (exact) mass is 278 g/mol. The van der Waals surface area contributed by atoms with Crippen molar-refractivity contribution in [1.29, 1.82) is 0 Å². The van der Waals surface area contributed by atoms with Gasteiger partial charge in [0.05, 0.1) is 0 Å². The molecule has 1 atom stereocenters. The number of hydrogen-bond donors (Lipinski definition) is 2. The first kappa shape index (κ1) is 14.8. The molecule has 0 saturated carbocycles. The number of carbonyl (C=O) groups is 1. The van der Waals surface area contributed by atoms with Gasteiger partial charge in [-0.3, -0.25) is 9.69 Å². The molecule has 1 aromatic rings. The molecule has 1 heterocycles. The summed E-state index contributed by atoms with van der Waals surface area (Å²) in [5.74, 6) is -0.0610. The van der Waals surface area contributed by atoms with E-state index in [1.54, 1.807) is 0 Å². The largest absolute Gasteiger partial charge is 0.492 e. The number of aliphatic carboxylic acids is 1. The van der Waals surface area contributed by atoms with Gasteiger partial charge in [-0.05, 0) is 43.5 Å². The maximum Gasteiger partial charge on any atom is 0.325 e. The Balaban J connectivity index is 1.81. The first-order chi connectivity index (χ1) is 9.39. The molecule has 1 fully saturated rings. The number of benzene rings is 1. The molecule has 1 aliphatic heterocycles. The second-order valence-corrected chi connectivity index (χ2v) is 5.66. The first-order valence-corrected chi connectivity index (χ1v) is 6.85. The molecule has 110 valence electrons. The average Bonchev–Trinajstić information content (AvgIpc) is 2.71. The van der Waals surface area contributed by atoms with E-state index in [1.165, 1.54) is 11.1 Å². The Hall–Kier alpha value is -1.59. The molecule has 5 heteroatoms. The van der Waals surface area contributed by atoms with Crippen molar-refractivity contribution in [2.75, 3.05) is 26.2 Å². The van der Waals surface area contributed by atoms with E-state index in [-0.39, 0.29) is 0 Å². The van der Waals surface area contributed by atoms with E-state index in [4.69, 9.17) is 15.6 Å². The predicted octanol–water partition coefficient (Wildman–Crippen LogP) is 1.17. The summed E-state index contributed by atoms with van der Waals surface area (Å²) in [6.07, 6.45) is 0.492. The first-order valence-electron chi connectivity index (χ1n) is 6.85. The molecule has 1 aliphatic rings. The van der Waals surface area contributed by atoms with Gasteiger partial charge in [-0.25, -0.2) is 0 Å². The van der Waals surface area contributed by atoms with Crippen molar-refractivity contribution in [2.45, 2.75) is 25.8 Å². The lowest BCUT2D eigenvalue weighted by atomic mass is 10.0. The Morgan fingerprint density at radius 2 is 2.05 bits per heavy atom. The summed E-state index contributed by atoms with van der Waals surface area (Å²) < 4.78 is 5.73. The Labute approximate surface area is 119 Å². The summed E-state index contributed by atoms with van der Waals surface area (Å²) in [6.45, 7) is 6.40. The third-order valence-electron chi connectivity index (χ3n) is 3.68. The summed E-state index contributed by atoms with van der Waals surface area (Å²) in [5.41, 5.74) is 7.08. The molecule has 0 bridgehead atoms. The van der Waals surface area contributed by atoms with E-state index >= 15 is 0 Å². The minimum Gasteiger partial charge on any atom is -0.492 e. The van der Waals surface area contributed by atoms with Crippen LogP contribution in [0.3, 0.4) is 0 Å². The summed E-state index contributed by atoms with van der Waals surface area (Å²) in [7, 11) is 0. The van der Waals surface area contributed by atoms with E-state index in [1.807, 2.05) is 30.9 Å². The van der Waals surface area contributed by atoms with Crippen LogP contribution in [-0.2, 0) is 4.79 Å². The van der Waals surface area contributed by atoms with Crippen LogP contribution in [0.2, 0.25) is 0 Å². The third-order valence-corrected chi connectivity index (χ3v) is 3.68. The van der Waals surface area contributed by atoms with E-state index in [0.29, 0.717) is 32.7 Å². The lowest BCUT2D eigenvalue weighted by Crippen LogP contribution is -2.50. The highest BCUT2D eigenvalue weighted by Gasteiger charge is 2.40. The summed E-state index contributed by atoms with van der Waals surface area (Å²) in [5, 5.41) is 9.07. The zero-order valence-corrected chi connectivity index (χ0v) is 12.1. The number of rotatable bonds is 5. The lowest BCUT2D eigenvalue weighted by molar-refractivity contribution is -0.142. The molecule has 0 aromatic heterocycles. The van der Waals surface area contributed by atoms with Crippen molar-refractivity contribution < 1.29 is 14.6 Å². The summed E-state index contributed by atoms with van der Waals surface area (Å²) >= 11 is 0. The fourth-order valence-corrected chi connectivity index (χ4v) is 2.59. The quantitative estimate of drug-likeness (QED) is 0.845. The van der Waals surface area contributed by atoms with Crippen LogP contribution in [0.15, 0.2) is 18.2 Å². The second-order valence-electron chi connectivity index (χ2n) is 5.66. The van der Waals surface area contributed by atoms with Gasteiger partial charge in [-0.1, -0.05) is 6.07 Å². The number of ether oxygens (including phenoxy) is 1. The molecule has 5 nitrogen and oxygen atoms in total. The Bertz CT molecular complexity index is 484. The minimum atomic E-state index is -1.10. The zero-order valence-electron chi connectivity index (χ0n) is 12.1. The van der Waals surface area contributed by atoms with Crippen molar-refractivity contribution in [3.8, 4) is 5.75 Å². The van der Waals surface area contributed by atoms with Crippen molar-refractivity contribution in [1.82, 2.24) is 4.90 Å². The van der Waals surface area contributed by atoms with E-state index in [0.717, 1.165) is 5.75 Å². The number of nitrogens with two attached hydrogens (primary N) is 1. The van der Waals surface area contributed by atoms with Crippen LogP contribution in [0.25, 0.3) is 0 Å². The van der Waals surface area contributed by atoms with Crippen LogP contribution in [-0.4, -0.2) is 47.8 Å². The van der Waals surface area contributed by atoms with Gasteiger partial charge in [0.1, 0.15) is 17.9 Å². The Kier molecular flexibility index (Phi) is 4.30. The highest BCUT2D eigenvalue weighted by molar-refractivity contribution is 5.79. The van der Waals surface area contributed by atoms with Crippen molar-refractivity contribution >= 4 is 5.97 Å². The summed E-state index contributed by atoms with van der Waals surface area (Å²) in [6, 6.07) is 6.10. The number of carboxylic acids is 1. The standard InChI is InChI=1S/C15H22N2O3/c1-11-7-12(2)9-13(8-11)20-6-5-17-4-3-15(16,10-17)14(18)19/h7-9H,3-6,10,16H2,1-2H3,(H,18,19). The molecule has 0 radical (unpaired) electrons. The number of nitrogens with zero attached hydrogens (tertiary/aromatic N) is 1. The van der Waals surface area contributed by atoms with Crippen LogP contribution in [0.1, 0.15) is 17.5 Å². The van der Waals surface area contributed by atoms with Gasteiger partial charge in [0.2, 0.25) is 0 Å². The smallest absolute Gasteiger partial charge is 0.325 e. The lowest BCUT2D eigenvalue weighted by Gasteiger charge is -2.20. The van der Waals surface area contributed by atoms with E-state index < -0.39 is 11.5 Å². The van der Waals surface area contributed by atoms with Crippen LogP contribution in [0, 0.1) is 13.8 Å². The van der Waals surface area contributed by atoms with Gasteiger partial charge >= 0.3 is 5.97 Å². The number of likely N-dealkylation sites (tertiary alicyclic amines) is 1. The van der Waals surface area contributed by atoms with Crippen molar-refractivity contribution in [3.63, 3.8) is 0 Å². The topological polar surface area (TPSA) is 75.8 Å². The van der Waals surface area contributed by atoms with Gasteiger partial charge in [0.25, 0.3) is 0 Å². The molecule has 20 heavy (non-hydrogen) atoms. The maximum absolute atomic E-state index is 11.1. The van der Waals surface area contributed by atoms with Gasteiger partial charge in [0, 0.05) is 19.6 Å². The van der Waals surface area contributed by atoms with Crippen molar-refractivity contribution in [2.24, 2.45) is 5.73 Å². The summed E-state index contributed by atoms with van der Waals surface area (Å²) in [4.78, 5) is 13.1. The van der Waals surface area contributed by atoms with Crippen molar-refractivity contribution in [3.05, 3.63) is 29.3 Å². The minimum absolute atomic E-state index is 0.387. The van der Waals surface area contributed by atoms with Crippen LogP contribution >= 0.6 is 0 Å². The fourth-order valence-electron chi connectivity index (χ4n) is 2.59. The highest BCUT2D eigenvalue weighted by Crippen LogP contribution is 2.19. The Morgan fingerprint density at radius 1 is 1.40 bits per heavy atom. The van der Waals surface area contributed by atoms with Crippen LogP contribution in [0.4, 0.5) is 0 Å². The van der Waals surface area contributed by atoms with Crippen LogP contribution in [0.5, 0.6) is 5.75 Å². The number of carboxylic acid groups (broad SMARTS) is 1. The molecule has 1 aromatic carbocycles. The van der Waals surface area contributed by atoms with E-state index in [9.17, 15) is 4.79 Å². The van der Waals surface area contributed by atoms with Crippen LogP contribution < -0.4 is 10.5 Å². The molecular weight excluding hydrogens is 256 g/mol. The molecule has 2 rings (SSSR count). The van der Waals surface area contributed by atoms with Gasteiger partial charge in [-0.15, -0.1) is 0 Å². The third kappa shape index (κ3) is 3.49. The predicted molar refractivity (Wildman–Crippen MR) is 77.0 cm³/mol. The molecule has 0 aliphatic carbocycles. The molecule has 1 unspecified atom stereocenters. The van der Waals surface area contributed by atoms with Gasteiger partial charge in [-0.2, -0.15) is 0 Å². The Morgan fingerprint density at radius 3 is 2.60 bits per heavy atom. The normalized spacial score (nSPS) is 22.9. The molecule has 3 N–H and O–H groups in total. The maximum atomic E-state index is 11.1. The highest BCUT2D eigenvalue weighted by atomic mass is 16.5. The molecule has 0 amide bonds. The van der Waals surface area contributed by atoms with Gasteiger partial charge < -0.3 is 15.6 Å². The van der Waals surface area contributed by atoms with Gasteiger partial charge in [0.15, 0.2) is 0 Å². The SMILES string of the molecule is Cc1cc(C)cc(OCCN2CCC(N)(C(=O)O)C2)c1. The zero-order chi connectivity index (χ0) is 14.8.